The first-order valence-corrected chi connectivity index (χ1v) is 11.3. The average Bonchev–Trinajstić information content (AvgIpc) is 3.55. The number of amides is 2. The van der Waals surface area contributed by atoms with Crippen molar-refractivity contribution in [3.8, 4) is 22.1 Å². The van der Waals surface area contributed by atoms with Gasteiger partial charge in [-0.25, -0.2) is 4.98 Å². The molecule has 1 fully saturated rings. The molecule has 0 radical (unpaired) electrons. The van der Waals surface area contributed by atoms with E-state index < -0.39 is 0 Å². The first kappa shape index (κ1) is 21.8. The summed E-state index contributed by atoms with van der Waals surface area (Å²) in [7, 11) is 3.16. The van der Waals surface area contributed by atoms with Crippen molar-refractivity contribution in [3.05, 3.63) is 59.1 Å². The van der Waals surface area contributed by atoms with Crippen LogP contribution in [-0.4, -0.2) is 31.0 Å². The molecule has 1 aromatic heterocycles. The van der Waals surface area contributed by atoms with Crippen LogP contribution in [0.3, 0.4) is 0 Å². The first-order valence-electron chi connectivity index (χ1n) is 10.4. The number of anilines is 1. The Morgan fingerprint density at radius 2 is 1.84 bits per heavy atom. The number of para-hydroxylation sites is 1. The number of hydrogen-bond donors (Lipinski definition) is 2. The minimum atomic E-state index is -0.257. The van der Waals surface area contributed by atoms with Gasteiger partial charge in [-0.3, -0.25) is 9.59 Å². The van der Waals surface area contributed by atoms with Crippen molar-refractivity contribution >= 4 is 28.8 Å². The summed E-state index contributed by atoms with van der Waals surface area (Å²) < 4.78 is 10.8. The summed E-state index contributed by atoms with van der Waals surface area (Å²) in [5.41, 5.74) is 2.82. The van der Waals surface area contributed by atoms with Crippen LogP contribution in [-0.2, 0) is 4.79 Å². The van der Waals surface area contributed by atoms with Crippen LogP contribution in [0.25, 0.3) is 10.6 Å². The Morgan fingerprint density at radius 3 is 2.50 bits per heavy atom. The first-order chi connectivity index (χ1) is 15.5. The average molecular weight is 452 g/mol. The van der Waals surface area contributed by atoms with Gasteiger partial charge in [-0.05, 0) is 49.6 Å². The van der Waals surface area contributed by atoms with E-state index in [9.17, 15) is 9.59 Å². The maximum absolute atomic E-state index is 12.8. The monoisotopic (exact) mass is 451 g/mol. The molecule has 1 atom stereocenters. The Morgan fingerprint density at radius 1 is 1.09 bits per heavy atom. The number of aromatic nitrogens is 1. The van der Waals surface area contributed by atoms with E-state index in [-0.39, 0.29) is 23.8 Å². The number of nitrogens with zero attached hydrogens (tertiary/aromatic N) is 1. The van der Waals surface area contributed by atoms with Crippen molar-refractivity contribution in [1.29, 1.82) is 0 Å². The highest BCUT2D eigenvalue weighted by atomic mass is 32.1. The van der Waals surface area contributed by atoms with Gasteiger partial charge in [0.2, 0.25) is 5.91 Å². The molecule has 166 valence electrons. The van der Waals surface area contributed by atoms with Gasteiger partial charge in [-0.1, -0.05) is 18.2 Å². The molecule has 2 aromatic carbocycles. The Kier molecular flexibility index (Phi) is 6.41. The van der Waals surface area contributed by atoms with Gasteiger partial charge in [-0.2, -0.15) is 0 Å². The number of hydrogen-bond acceptors (Lipinski definition) is 6. The zero-order chi connectivity index (χ0) is 22.7. The number of rotatable bonds is 8. The van der Waals surface area contributed by atoms with Gasteiger partial charge < -0.3 is 20.1 Å². The van der Waals surface area contributed by atoms with E-state index in [0.29, 0.717) is 22.2 Å². The third kappa shape index (κ3) is 4.75. The summed E-state index contributed by atoms with van der Waals surface area (Å²) in [4.78, 5) is 29.2. The van der Waals surface area contributed by atoms with Gasteiger partial charge in [0.15, 0.2) is 11.5 Å². The number of carbonyl (C=O) groups is 2. The van der Waals surface area contributed by atoms with Gasteiger partial charge in [0.05, 0.1) is 25.8 Å². The molecule has 2 amide bonds. The van der Waals surface area contributed by atoms with E-state index in [1.54, 1.807) is 19.6 Å². The summed E-state index contributed by atoms with van der Waals surface area (Å²) in [6, 6.07) is 12.9. The highest BCUT2D eigenvalue weighted by Crippen LogP contribution is 2.39. The molecule has 3 aromatic rings. The number of thiazole rings is 1. The van der Waals surface area contributed by atoms with E-state index >= 15 is 0 Å². The highest BCUT2D eigenvalue weighted by Gasteiger charge is 2.29. The van der Waals surface area contributed by atoms with Crippen LogP contribution in [0.15, 0.2) is 47.8 Å². The van der Waals surface area contributed by atoms with Crippen molar-refractivity contribution in [1.82, 2.24) is 10.3 Å². The minimum Gasteiger partial charge on any atom is -0.493 e. The lowest BCUT2D eigenvalue weighted by Gasteiger charge is -2.14. The number of ether oxygens (including phenoxy) is 2. The maximum Gasteiger partial charge on any atom is 0.271 e. The van der Waals surface area contributed by atoms with Crippen molar-refractivity contribution in [2.24, 2.45) is 5.92 Å². The van der Waals surface area contributed by atoms with Gasteiger partial charge in [0.1, 0.15) is 10.7 Å². The zero-order valence-corrected chi connectivity index (χ0v) is 19.0. The lowest BCUT2D eigenvalue weighted by atomic mass is 10.1. The predicted molar refractivity (Wildman–Crippen MR) is 124 cm³/mol. The summed E-state index contributed by atoms with van der Waals surface area (Å²) in [5.74, 6) is 1.17. The smallest absolute Gasteiger partial charge is 0.271 e. The van der Waals surface area contributed by atoms with E-state index in [1.165, 1.54) is 11.3 Å². The van der Waals surface area contributed by atoms with Crippen LogP contribution in [0.4, 0.5) is 5.69 Å². The number of benzene rings is 2. The fraction of sp³-hybridized carbons (Fsp3) is 0.292. The molecule has 1 heterocycles. The molecule has 32 heavy (non-hydrogen) atoms. The summed E-state index contributed by atoms with van der Waals surface area (Å²) in [6.07, 6.45) is 1.94. The van der Waals surface area contributed by atoms with Crippen LogP contribution < -0.4 is 20.1 Å². The zero-order valence-electron chi connectivity index (χ0n) is 18.2. The van der Waals surface area contributed by atoms with E-state index in [2.05, 4.69) is 15.6 Å². The highest BCUT2D eigenvalue weighted by molar-refractivity contribution is 7.13. The molecule has 1 saturated carbocycles. The molecule has 1 aliphatic rings. The Labute approximate surface area is 190 Å². The third-order valence-electron chi connectivity index (χ3n) is 5.34. The quantitative estimate of drug-likeness (QED) is 0.520. The maximum atomic E-state index is 12.8. The van der Waals surface area contributed by atoms with Gasteiger partial charge in [0.25, 0.3) is 5.91 Å². The fourth-order valence-electron chi connectivity index (χ4n) is 3.36. The largest absolute Gasteiger partial charge is 0.493 e. The SMILES string of the molecule is COc1cccc(-c2nc(C(=O)NC(C)c3ccc(NC(=O)C4CC4)cc3)cs2)c1OC. The molecule has 1 aliphatic carbocycles. The fourth-order valence-corrected chi connectivity index (χ4v) is 4.18. The molecular weight excluding hydrogens is 426 g/mol. The lowest BCUT2D eigenvalue weighted by molar-refractivity contribution is -0.117. The Balaban J connectivity index is 1.42. The second-order valence-corrected chi connectivity index (χ2v) is 8.52. The standard InChI is InChI=1S/C24H25N3O4S/c1-14(15-9-11-17(12-10-15)26-22(28)16-7-8-16)25-23(29)19-13-32-24(27-19)18-5-4-6-20(30-2)21(18)31-3/h4-6,9-14,16H,7-8H2,1-3H3,(H,25,29)(H,26,28). The van der Waals surface area contributed by atoms with Crippen LogP contribution in [0.1, 0.15) is 41.9 Å². The molecule has 0 saturated heterocycles. The number of methoxy groups -OCH3 is 2. The Bertz CT molecular complexity index is 1120. The van der Waals surface area contributed by atoms with Gasteiger partial charge >= 0.3 is 0 Å². The number of carbonyl (C=O) groups excluding carboxylic acids is 2. The minimum absolute atomic E-state index is 0.0751. The van der Waals surface area contributed by atoms with Crippen LogP contribution in [0, 0.1) is 5.92 Å². The molecule has 0 spiro atoms. The molecule has 0 aliphatic heterocycles. The topological polar surface area (TPSA) is 89.5 Å². The van der Waals surface area contributed by atoms with Gasteiger partial charge in [0, 0.05) is 17.0 Å². The summed E-state index contributed by atoms with van der Waals surface area (Å²) in [5, 5.41) is 8.30. The molecule has 2 N–H and O–H groups in total. The van der Waals surface area contributed by atoms with Crippen molar-refractivity contribution in [2.45, 2.75) is 25.8 Å². The normalized spacial score (nSPS) is 13.8. The van der Waals surface area contributed by atoms with Crippen LogP contribution in [0.5, 0.6) is 11.5 Å². The van der Waals surface area contributed by atoms with Gasteiger partial charge in [-0.15, -0.1) is 11.3 Å². The van der Waals surface area contributed by atoms with Crippen LogP contribution >= 0.6 is 11.3 Å². The van der Waals surface area contributed by atoms with Crippen LogP contribution in [0.2, 0.25) is 0 Å². The molecule has 0 bridgehead atoms. The molecular formula is C24H25N3O4S. The molecule has 7 nitrogen and oxygen atoms in total. The second kappa shape index (κ2) is 9.40. The molecule has 8 heteroatoms. The van der Waals surface area contributed by atoms with E-state index in [1.807, 2.05) is 49.4 Å². The van der Waals surface area contributed by atoms with E-state index in [0.717, 1.165) is 29.7 Å². The van der Waals surface area contributed by atoms with Crippen molar-refractivity contribution in [3.63, 3.8) is 0 Å². The molecule has 1 unspecified atom stereocenters. The summed E-state index contributed by atoms with van der Waals surface area (Å²) in [6.45, 7) is 1.91. The van der Waals surface area contributed by atoms with Crippen molar-refractivity contribution in [2.75, 3.05) is 19.5 Å². The lowest BCUT2D eigenvalue weighted by Crippen LogP contribution is -2.26. The predicted octanol–water partition coefficient (Wildman–Crippen LogP) is 4.67. The molecule has 4 rings (SSSR count). The second-order valence-electron chi connectivity index (χ2n) is 7.66. The third-order valence-corrected chi connectivity index (χ3v) is 6.22. The summed E-state index contributed by atoms with van der Waals surface area (Å²) >= 11 is 1.37. The van der Waals surface area contributed by atoms with E-state index in [4.69, 9.17) is 9.47 Å². The Hall–Kier alpha value is -3.39. The van der Waals surface area contributed by atoms with Crippen molar-refractivity contribution < 1.29 is 19.1 Å². The number of nitrogens with one attached hydrogen (secondary N) is 2.